The SMILES string of the molecule is C.CS(=O)(=O)OCCOc1ccccc1OCC(F)(F)F.C[C@@H](N)Cc1cc(C#N)c2c(c1)CCN2CCCOC(=O)c1ccccc1.C[C@H](Cc1cc(C#N)c2c(c1)CCN2CCCOC(=O)c1ccccc1)NCCOc1ccccc1OCC(F)(F)F.O=C(O)/C=C\C(=O)O.O=C(O)[C@H](O)[C@@H](O)C(=O)O. The molecule has 0 aromatic heterocycles. The second kappa shape index (κ2) is 46.2. The summed E-state index contributed by atoms with van der Waals surface area (Å²) in [5.74, 6) is -6.38. The number of carbonyl (C=O) groups is 6. The van der Waals surface area contributed by atoms with Crippen molar-refractivity contribution < 1.29 is 127 Å². The smallest absolute Gasteiger partial charge is 0.422 e. The molecule has 2 heterocycles. The van der Waals surface area contributed by atoms with Gasteiger partial charge in [0.2, 0.25) is 0 Å². The number of carboxylic acids is 4. The highest BCUT2D eigenvalue weighted by molar-refractivity contribution is 7.86. The minimum Gasteiger partial charge on any atom is -0.488 e. The molecule has 0 unspecified atom stereocenters. The van der Waals surface area contributed by atoms with Crippen LogP contribution in [-0.4, -0.2) is 197 Å². The highest BCUT2D eigenvalue weighted by Crippen LogP contribution is 2.36. The van der Waals surface area contributed by atoms with E-state index >= 15 is 0 Å². The van der Waals surface area contributed by atoms with E-state index in [2.05, 4.69) is 48.3 Å². The van der Waals surface area contributed by atoms with Crippen molar-refractivity contribution in [2.45, 2.75) is 96.4 Å². The van der Waals surface area contributed by atoms with E-state index in [1.54, 1.807) is 60.7 Å². The van der Waals surface area contributed by atoms with E-state index in [9.17, 15) is 74.1 Å². The first-order valence-electron chi connectivity index (χ1n) is 32.8. The summed E-state index contributed by atoms with van der Waals surface area (Å²) in [5.41, 5.74) is 14.8. The molecule has 0 fully saturated rings. The number of halogens is 6. The van der Waals surface area contributed by atoms with E-state index in [1.165, 1.54) is 29.8 Å². The van der Waals surface area contributed by atoms with Crippen LogP contribution in [0.4, 0.5) is 37.7 Å². The molecule has 6 aromatic rings. The Kier molecular flexibility index (Phi) is 39.0. The Labute approximate surface area is 619 Å². The van der Waals surface area contributed by atoms with Crippen molar-refractivity contribution >= 4 is 57.3 Å². The third kappa shape index (κ3) is 34.9. The molecular weight excluding hydrogens is 1450 g/mol. The monoisotopic (exact) mass is 1540 g/mol. The first-order chi connectivity index (χ1) is 50.6. The summed E-state index contributed by atoms with van der Waals surface area (Å²) in [6.07, 6.45) is -6.78. The number of nitriles is 2. The predicted octanol–water partition coefficient (Wildman–Crippen LogP) is 8.97. The van der Waals surface area contributed by atoms with Crippen LogP contribution >= 0.6 is 0 Å². The molecule has 108 heavy (non-hydrogen) atoms. The zero-order chi connectivity index (χ0) is 79.3. The first-order valence-corrected chi connectivity index (χ1v) is 34.6. The number of nitrogens with one attached hydrogen (secondary N) is 1. The minimum atomic E-state index is -4.45. The van der Waals surface area contributed by atoms with Gasteiger partial charge in [0.15, 0.2) is 48.4 Å². The molecule has 0 radical (unpaired) electrons. The number of alkyl halides is 6. The van der Waals surface area contributed by atoms with Gasteiger partial charge < -0.3 is 79.9 Å². The van der Waals surface area contributed by atoms with Crippen LogP contribution in [0.25, 0.3) is 0 Å². The minimum absolute atomic E-state index is 0. The molecule has 586 valence electrons. The number of aliphatic hydroxyl groups excluding tert-OH is 2. The van der Waals surface area contributed by atoms with Gasteiger partial charge in [0.25, 0.3) is 10.1 Å². The quantitative estimate of drug-likeness (QED) is 0.00626. The Morgan fingerprint density at radius 2 is 0.935 bits per heavy atom. The lowest BCUT2D eigenvalue weighted by Crippen LogP contribution is -2.39. The summed E-state index contributed by atoms with van der Waals surface area (Å²) in [7, 11) is -3.58. The molecule has 6 aromatic carbocycles. The van der Waals surface area contributed by atoms with E-state index < -0.39 is 71.8 Å². The summed E-state index contributed by atoms with van der Waals surface area (Å²) in [6.45, 7) is 5.34. The van der Waals surface area contributed by atoms with E-state index in [0.29, 0.717) is 73.6 Å². The molecular formula is C74H86F6N6O21S. The van der Waals surface area contributed by atoms with Gasteiger partial charge in [0.05, 0.1) is 53.1 Å². The number of carbonyl (C=O) groups excluding carboxylic acids is 2. The number of carboxylic acid groups (broad SMARTS) is 4. The Balaban J connectivity index is 0.000000393. The van der Waals surface area contributed by atoms with Gasteiger partial charge in [-0.3, -0.25) is 4.18 Å². The maximum Gasteiger partial charge on any atom is 0.422 e. The largest absolute Gasteiger partial charge is 0.488 e. The molecule has 0 amide bonds. The lowest BCUT2D eigenvalue weighted by atomic mass is 9.99. The molecule has 2 aliphatic rings. The number of aliphatic carboxylic acids is 4. The molecule has 0 saturated carbocycles. The molecule has 34 heteroatoms. The van der Waals surface area contributed by atoms with Crippen molar-refractivity contribution in [3.63, 3.8) is 0 Å². The van der Waals surface area contributed by atoms with Crippen molar-refractivity contribution in [2.24, 2.45) is 5.73 Å². The number of hydrogen-bond donors (Lipinski definition) is 8. The van der Waals surface area contributed by atoms with Gasteiger partial charge >= 0.3 is 48.2 Å². The second-order valence-corrected chi connectivity index (χ2v) is 25.1. The number of esters is 2. The van der Waals surface area contributed by atoms with E-state index in [0.717, 1.165) is 79.6 Å². The number of benzene rings is 6. The van der Waals surface area contributed by atoms with E-state index in [4.69, 9.17) is 60.1 Å². The van der Waals surface area contributed by atoms with Gasteiger partial charge in [0.1, 0.15) is 32.0 Å². The standard InChI is InChI=1S/C32H34F3N3O4.C22H25N3O2.C11H13F3O5S.C4H6O6.C4H4O4.CH4/c1-23(37-13-17-40-28-10-5-6-11-29(28)42-22-32(33,34)35)18-24-19-26-12-15-38(30(26)27(20-24)21-36)14-7-16-41-31(39)25-8-3-2-4-9-25;1-16(24)12-17-13-19-8-10-25(21(19)20(14-17)15-23)9-5-11-27-22(26)18-6-3-2-4-7-18;1-20(15,16)19-7-6-17-9-4-2-3-5-10(9)18-8-11(12,13)14;5-1(3(7)8)2(6)4(9)10;5-3(6)1-2-4(7)8;/h2-6,8-11,19-20,23,37H,7,12-18,22H2,1H3;2-4,6-7,13-14,16H,5,8-12,24H2,1H3;2-5H,6-8H2,1H3;1-2,5-6H,(H,7,8)(H,9,10);1-2H,(H,5,6)(H,7,8);1H4/b;;;;2-1-;/t23-;16-;;1-,2-;;/m11.1../s1. The number of para-hydroxylation sites is 4. The van der Waals surface area contributed by atoms with Gasteiger partial charge in [-0.1, -0.05) is 80.2 Å². The fourth-order valence-electron chi connectivity index (χ4n) is 10.1. The lowest BCUT2D eigenvalue weighted by Gasteiger charge is -2.21. The molecule has 0 aliphatic carbocycles. The first kappa shape index (κ1) is 91.2. The summed E-state index contributed by atoms with van der Waals surface area (Å²) in [5, 5.41) is 71.0. The van der Waals surface area contributed by atoms with Gasteiger partial charge in [-0.2, -0.15) is 45.3 Å². The van der Waals surface area contributed by atoms with Crippen LogP contribution in [0.2, 0.25) is 0 Å². The summed E-state index contributed by atoms with van der Waals surface area (Å²) >= 11 is 0. The number of anilines is 2. The van der Waals surface area contributed by atoms with E-state index in [-0.39, 0.29) is 74.3 Å². The highest BCUT2D eigenvalue weighted by atomic mass is 32.2. The number of nitrogens with zero attached hydrogens (tertiary/aromatic N) is 4. The Bertz CT molecular complexity index is 4070. The van der Waals surface area contributed by atoms with Crippen LogP contribution in [0.1, 0.15) is 88.2 Å². The van der Waals surface area contributed by atoms with Crippen molar-refractivity contribution in [3.8, 4) is 35.1 Å². The summed E-state index contributed by atoms with van der Waals surface area (Å²) < 4.78 is 131. The fourth-order valence-corrected chi connectivity index (χ4v) is 10.5. The molecule has 27 nitrogen and oxygen atoms in total. The normalized spacial score (nSPS) is 13.0. The molecule has 0 spiro atoms. The number of ether oxygens (including phenoxy) is 6. The maximum atomic E-state index is 12.5. The second-order valence-electron chi connectivity index (χ2n) is 23.5. The fraction of sp³-hybridized carbons (Fsp3) is 0.378. The maximum absolute atomic E-state index is 12.5. The van der Waals surface area contributed by atoms with Crippen LogP contribution in [-0.2, 0) is 68.6 Å². The van der Waals surface area contributed by atoms with Gasteiger partial charge in [-0.05, 0) is 135 Å². The van der Waals surface area contributed by atoms with Crippen LogP contribution in [0, 0.1) is 22.7 Å². The van der Waals surface area contributed by atoms with Gasteiger partial charge in [-0.25, -0.2) is 28.8 Å². The molecule has 0 bridgehead atoms. The van der Waals surface area contributed by atoms with Crippen LogP contribution < -0.4 is 39.8 Å². The Morgan fingerprint density at radius 3 is 1.29 bits per heavy atom. The molecule has 0 saturated heterocycles. The number of aliphatic hydroxyl groups is 2. The average Bonchev–Trinajstić information content (AvgIpc) is 1.64. The third-order valence-electron chi connectivity index (χ3n) is 14.5. The third-order valence-corrected chi connectivity index (χ3v) is 15.1. The molecule has 2 aliphatic heterocycles. The topological polar surface area (TPSA) is 415 Å². The summed E-state index contributed by atoms with van der Waals surface area (Å²) in [4.78, 5) is 67.2. The van der Waals surface area contributed by atoms with Gasteiger partial charge in [0, 0.05) is 57.0 Å². The van der Waals surface area contributed by atoms with Crippen molar-refractivity contribution in [3.05, 3.63) is 190 Å². The van der Waals surface area contributed by atoms with Crippen molar-refractivity contribution in [2.75, 3.05) is 95.0 Å². The number of hydrogen-bond acceptors (Lipinski definition) is 23. The predicted molar refractivity (Wildman–Crippen MR) is 382 cm³/mol. The molecule has 9 N–H and O–H groups in total. The number of fused-ring (bicyclic) bond motifs is 2. The number of nitrogens with two attached hydrogens (primary N) is 1. The van der Waals surface area contributed by atoms with Crippen LogP contribution in [0.3, 0.4) is 0 Å². The van der Waals surface area contributed by atoms with Crippen molar-refractivity contribution in [1.82, 2.24) is 5.32 Å². The molecule has 8 rings (SSSR count). The van der Waals surface area contributed by atoms with Crippen molar-refractivity contribution in [1.29, 1.82) is 10.5 Å². The average molecular weight is 1540 g/mol. The Morgan fingerprint density at radius 1 is 0.565 bits per heavy atom. The van der Waals surface area contributed by atoms with E-state index in [1.807, 2.05) is 50.2 Å². The van der Waals surface area contributed by atoms with Gasteiger partial charge in [-0.15, -0.1) is 0 Å². The Hall–Kier alpha value is -11.0. The summed E-state index contributed by atoms with van der Waals surface area (Å²) in [6, 6.07) is 43.0. The lowest BCUT2D eigenvalue weighted by molar-refractivity contribution is -0.165. The van der Waals surface area contributed by atoms with Crippen LogP contribution in [0.5, 0.6) is 23.0 Å². The zero-order valence-corrected chi connectivity index (χ0v) is 59.1. The molecule has 4 atom stereocenters. The van der Waals surface area contributed by atoms with Crippen LogP contribution in [0.15, 0.2) is 146 Å². The zero-order valence-electron chi connectivity index (χ0n) is 58.2. The highest BCUT2D eigenvalue weighted by Gasteiger charge is 2.32. The number of rotatable bonds is 33.